The van der Waals surface area contributed by atoms with Crippen molar-refractivity contribution in [3.63, 3.8) is 0 Å². The van der Waals surface area contributed by atoms with Crippen LogP contribution in [0.5, 0.6) is 0 Å². The third-order valence-electron chi connectivity index (χ3n) is 6.25. The quantitative estimate of drug-likeness (QED) is 0.478. The van der Waals surface area contributed by atoms with E-state index in [1.54, 1.807) is 26.0 Å². The second-order valence-corrected chi connectivity index (χ2v) is 11.5. The maximum Gasteiger partial charge on any atom is 0.223 e. The number of sulfone groups is 1. The number of nitrogens with one attached hydrogen (secondary N) is 2. The Labute approximate surface area is 189 Å². The average molecular weight is 452 g/mol. The number of amides is 1. The molecule has 1 aromatic carbocycles. The molecule has 1 saturated heterocycles. The van der Waals surface area contributed by atoms with Gasteiger partial charge in [-0.05, 0) is 69.7 Å². The van der Waals surface area contributed by atoms with Gasteiger partial charge in [-0.1, -0.05) is 26.0 Å². The number of carbonyl (C=O) groups excluding carboxylic acids is 1. The zero-order chi connectivity index (χ0) is 22.9. The first-order chi connectivity index (χ1) is 14.8. The summed E-state index contributed by atoms with van der Waals surface area (Å²) in [5.74, 6) is 0.723. The molecule has 2 rings (SSSR count). The summed E-state index contributed by atoms with van der Waals surface area (Å²) in [5, 5.41) is 6.56. The fraction of sp³-hybridized carbons (Fsp3) is 0.708. The minimum atomic E-state index is -3.21. The van der Waals surface area contributed by atoms with E-state index in [0.717, 1.165) is 58.4 Å². The Bertz CT molecular complexity index is 778. The molecule has 1 amide bonds. The molecule has 0 radical (unpaired) electrons. The molecule has 6 nitrogen and oxygen atoms in total. The van der Waals surface area contributed by atoms with E-state index < -0.39 is 15.1 Å². The Morgan fingerprint density at radius 2 is 1.81 bits per heavy atom. The smallest absolute Gasteiger partial charge is 0.223 e. The van der Waals surface area contributed by atoms with Gasteiger partial charge in [0.2, 0.25) is 5.91 Å². The molecule has 1 heterocycles. The lowest BCUT2D eigenvalue weighted by molar-refractivity contribution is -0.130. The van der Waals surface area contributed by atoms with Gasteiger partial charge in [0.1, 0.15) is 0 Å². The van der Waals surface area contributed by atoms with Crippen molar-refractivity contribution in [2.24, 2.45) is 5.92 Å². The van der Waals surface area contributed by atoms with Crippen molar-refractivity contribution in [2.45, 2.75) is 76.0 Å². The highest BCUT2D eigenvalue weighted by molar-refractivity contribution is 7.92. The Morgan fingerprint density at radius 1 is 1.10 bits per heavy atom. The summed E-state index contributed by atoms with van der Waals surface area (Å²) in [4.78, 5) is 14.4. The first-order valence-electron chi connectivity index (χ1n) is 11.8. The Hall–Kier alpha value is -1.44. The Kier molecular flexibility index (Phi) is 10.5. The highest BCUT2D eigenvalue weighted by Crippen LogP contribution is 2.19. The van der Waals surface area contributed by atoms with Crippen molar-refractivity contribution in [3.8, 4) is 0 Å². The lowest BCUT2D eigenvalue weighted by atomic mass is 9.92. The number of carbonyl (C=O) groups is 1. The molecule has 31 heavy (non-hydrogen) atoms. The lowest BCUT2D eigenvalue weighted by Gasteiger charge is -2.25. The maximum absolute atomic E-state index is 12.3. The summed E-state index contributed by atoms with van der Waals surface area (Å²) >= 11 is 0. The molecule has 176 valence electrons. The molecular formula is C24H41N3O3S. The van der Waals surface area contributed by atoms with Gasteiger partial charge >= 0.3 is 0 Å². The van der Waals surface area contributed by atoms with Crippen LogP contribution in [0, 0.1) is 5.92 Å². The molecule has 2 N–H and O–H groups in total. The van der Waals surface area contributed by atoms with Crippen molar-refractivity contribution in [3.05, 3.63) is 29.8 Å². The van der Waals surface area contributed by atoms with Crippen LogP contribution in [0.3, 0.4) is 0 Å². The third kappa shape index (κ3) is 7.88. The molecule has 2 atom stereocenters. The highest BCUT2D eigenvalue weighted by atomic mass is 32.2. The first kappa shape index (κ1) is 25.8. The average Bonchev–Trinajstić information content (AvgIpc) is 2.95. The van der Waals surface area contributed by atoms with Crippen LogP contribution in [-0.4, -0.2) is 63.2 Å². The first-order valence-corrected chi connectivity index (χ1v) is 13.3. The summed E-state index contributed by atoms with van der Waals surface area (Å²) in [5.41, 5.74) is 1.17. The van der Waals surface area contributed by atoms with Crippen LogP contribution >= 0.6 is 0 Å². The van der Waals surface area contributed by atoms with Crippen molar-refractivity contribution < 1.29 is 13.2 Å². The molecule has 1 aliphatic heterocycles. The molecule has 0 saturated carbocycles. The van der Waals surface area contributed by atoms with Crippen LogP contribution in [0.4, 0.5) is 0 Å². The number of hydrogen-bond donors (Lipinski definition) is 2. The minimum absolute atomic E-state index is 0.269. The zero-order valence-electron chi connectivity index (χ0n) is 19.7. The van der Waals surface area contributed by atoms with Crippen LogP contribution in [0.25, 0.3) is 0 Å². The largest absolute Gasteiger partial charge is 0.341 e. The van der Waals surface area contributed by atoms with Crippen LogP contribution in [0.2, 0.25) is 0 Å². The van der Waals surface area contributed by atoms with Gasteiger partial charge in [0.25, 0.3) is 0 Å². The molecule has 0 spiro atoms. The number of unbranched alkanes of at least 4 members (excludes halogenated alkanes) is 1. The van der Waals surface area contributed by atoms with Gasteiger partial charge in [-0.3, -0.25) is 4.79 Å². The predicted octanol–water partition coefficient (Wildman–Crippen LogP) is 3.02. The lowest BCUT2D eigenvalue weighted by Crippen LogP contribution is -2.37. The van der Waals surface area contributed by atoms with Crippen LogP contribution in [-0.2, 0) is 21.1 Å². The maximum atomic E-state index is 12.3. The van der Waals surface area contributed by atoms with E-state index in [9.17, 15) is 13.2 Å². The van der Waals surface area contributed by atoms with E-state index in [0.29, 0.717) is 23.3 Å². The molecule has 0 aromatic heterocycles. The number of rotatable bonds is 12. The molecule has 0 bridgehead atoms. The van der Waals surface area contributed by atoms with Crippen molar-refractivity contribution in [2.75, 3.05) is 32.7 Å². The third-order valence-corrected chi connectivity index (χ3v) is 8.42. The second-order valence-electron chi connectivity index (χ2n) is 8.98. The summed E-state index contributed by atoms with van der Waals surface area (Å²) in [6, 6.07) is 7.80. The second kappa shape index (κ2) is 12.6. The van der Waals surface area contributed by atoms with Gasteiger partial charge in [-0.2, -0.15) is 0 Å². The van der Waals surface area contributed by atoms with Crippen molar-refractivity contribution in [1.29, 1.82) is 0 Å². The molecule has 1 aromatic rings. The van der Waals surface area contributed by atoms with Gasteiger partial charge in [0, 0.05) is 38.6 Å². The van der Waals surface area contributed by atoms with Crippen LogP contribution in [0.1, 0.15) is 58.9 Å². The summed E-state index contributed by atoms with van der Waals surface area (Å²) in [7, 11) is -3.21. The van der Waals surface area contributed by atoms with Crippen LogP contribution < -0.4 is 10.6 Å². The van der Waals surface area contributed by atoms with Crippen molar-refractivity contribution >= 4 is 15.7 Å². The standard InChI is InChI=1S/C24H41N3O3S/c1-5-23(26-13-6-7-16-27-17-15-25-14-12-24(27)28)20(4)18-21-8-10-22(11-9-21)31(29,30)19(2)3/h8-11,19-20,23,25-26H,5-7,12-18H2,1-4H3. The van der Waals surface area contributed by atoms with Crippen LogP contribution in [0.15, 0.2) is 29.2 Å². The summed E-state index contributed by atoms with van der Waals surface area (Å²) in [6.45, 7) is 12.2. The Balaban J connectivity index is 1.76. The Morgan fingerprint density at radius 3 is 2.45 bits per heavy atom. The number of nitrogens with zero attached hydrogens (tertiary/aromatic N) is 1. The summed E-state index contributed by atoms with van der Waals surface area (Å²) in [6.07, 6.45) is 4.66. The number of hydrogen-bond acceptors (Lipinski definition) is 5. The minimum Gasteiger partial charge on any atom is -0.341 e. The topological polar surface area (TPSA) is 78.5 Å². The fourth-order valence-corrected chi connectivity index (χ4v) is 5.18. The monoisotopic (exact) mass is 451 g/mol. The fourth-order valence-electron chi connectivity index (χ4n) is 4.12. The van der Waals surface area contributed by atoms with Gasteiger partial charge < -0.3 is 15.5 Å². The molecule has 1 aliphatic rings. The van der Waals surface area contributed by atoms with Gasteiger partial charge in [0.15, 0.2) is 9.84 Å². The SMILES string of the molecule is CCC(NCCCCN1CCNCCC1=O)C(C)Cc1ccc(S(=O)(=O)C(C)C)cc1. The van der Waals surface area contributed by atoms with Gasteiger partial charge in [-0.25, -0.2) is 8.42 Å². The van der Waals surface area contributed by atoms with E-state index in [-0.39, 0.29) is 5.91 Å². The molecule has 7 heteroatoms. The normalized spacial score (nSPS) is 17.6. The number of benzene rings is 1. The van der Waals surface area contributed by atoms with E-state index in [1.807, 2.05) is 17.0 Å². The van der Waals surface area contributed by atoms with Gasteiger partial charge in [-0.15, -0.1) is 0 Å². The zero-order valence-corrected chi connectivity index (χ0v) is 20.5. The van der Waals surface area contributed by atoms with E-state index in [4.69, 9.17) is 0 Å². The molecular weight excluding hydrogens is 410 g/mol. The summed E-state index contributed by atoms with van der Waals surface area (Å²) < 4.78 is 24.6. The van der Waals surface area contributed by atoms with Crippen molar-refractivity contribution in [1.82, 2.24) is 15.5 Å². The van der Waals surface area contributed by atoms with E-state index in [2.05, 4.69) is 24.5 Å². The molecule has 0 aliphatic carbocycles. The molecule has 2 unspecified atom stereocenters. The molecule has 1 fully saturated rings. The van der Waals surface area contributed by atoms with E-state index in [1.165, 1.54) is 5.56 Å². The predicted molar refractivity (Wildman–Crippen MR) is 127 cm³/mol. The van der Waals surface area contributed by atoms with E-state index >= 15 is 0 Å². The van der Waals surface area contributed by atoms with Gasteiger partial charge in [0.05, 0.1) is 10.1 Å². The highest BCUT2D eigenvalue weighted by Gasteiger charge is 2.20.